The number of nitrogens with one attached hydrogen (secondary N) is 1. The Kier molecular flexibility index (Phi) is 4.00. The quantitative estimate of drug-likeness (QED) is 0.846. The van der Waals surface area contributed by atoms with Crippen LogP contribution in [0.25, 0.3) is 5.70 Å². The van der Waals surface area contributed by atoms with Crippen molar-refractivity contribution in [3.05, 3.63) is 41.0 Å². The van der Waals surface area contributed by atoms with E-state index in [0.29, 0.717) is 30.7 Å². The third kappa shape index (κ3) is 3.02. The molecular formula is C15H17NO3. The number of ether oxygens (including phenoxy) is 1. The largest absolute Gasteiger partial charge is 0.463 e. The molecule has 1 N–H and O–H groups in total. The second-order valence-electron chi connectivity index (χ2n) is 4.49. The first-order chi connectivity index (χ1) is 9.11. The van der Waals surface area contributed by atoms with Crippen LogP contribution in [0.5, 0.6) is 0 Å². The maximum atomic E-state index is 11.9. The Labute approximate surface area is 112 Å². The first-order valence-electron chi connectivity index (χ1n) is 6.39. The summed E-state index contributed by atoms with van der Waals surface area (Å²) in [5.41, 5.74) is 3.05. The molecule has 0 bridgehead atoms. The van der Waals surface area contributed by atoms with Gasteiger partial charge < -0.3 is 10.1 Å². The molecule has 1 aliphatic heterocycles. The predicted octanol–water partition coefficient (Wildman–Crippen LogP) is 2.18. The standard InChI is InChI=1S/C15H17NO3/c1-3-19-15(18)12-7-8-13(17)16-14(12)11-6-4-5-10(2)9-11/h4-6,9H,3,7-8H2,1-2H3,(H,16,17). The van der Waals surface area contributed by atoms with E-state index >= 15 is 0 Å². The number of amides is 1. The molecule has 1 aromatic rings. The summed E-state index contributed by atoms with van der Waals surface area (Å²) in [7, 11) is 0. The van der Waals surface area contributed by atoms with Crippen molar-refractivity contribution in [2.75, 3.05) is 6.61 Å². The number of aryl methyl sites for hydroxylation is 1. The topological polar surface area (TPSA) is 55.4 Å². The fourth-order valence-electron chi connectivity index (χ4n) is 2.11. The number of carbonyl (C=O) groups is 2. The summed E-state index contributed by atoms with van der Waals surface area (Å²) in [6, 6.07) is 7.70. The Balaban J connectivity index is 2.45. The van der Waals surface area contributed by atoms with Gasteiger partial charge in [0.15, 0.2) is 0 Å². The summed E-state index contributed by atoms with van der Waals surface area (Å²) >= 11 is 0. The molecule has 0 saturated carbocycles. The molecule has 1 amide bonds. The van der Waals surface area contributed by atoms with Crippen molar-refractivity contribution in [3.63, 3.8) is 0 Å². The van der Waals surface area contributed by atoms with Gasteiger partial charge in [-0.05, 0) is 31.9 Å². The van der Waals surface area contributed by atoms with E-state index in [9.17, 15) is 9.59 Å². The van der Waals surface area contributed by atoms with Gasteiger partial charge in [0.2, 0.25) is 5.91 Å². The molecule has 0 aromatic heterocycles. The van der Waals surface area contributed by atoms with Crippen LogP contribution in [0.3, 0.4) is 0 Å². The molecule has 0 saturated heterocycles. The first kappa shape index (κ1) is 13.3. The molecule has 100 valence electrons. The highest BCUT2D eigenvalue weighted by Crippen LogP contribution is 2.25. The van der Waals surface area contributed by atoms with Crippen LogP contribution in [0, 0.1) is 6.92 Å². The van der Waals surface area contributed by atoms with E-state index in [2.05, 4.69) is 5.32 Å². The van der Waals surface area contributed by atoms with Gasteiger partial charge in [0, 0.05) is 6.42 Å². The van der Waals surface area contributed by atoms with Crippen LogP contribution in [-0.2, 0) is 14.3 Å². The van der Waals surface area contributed by atoms with Crippen LogP contribution < -0.4 is 5.32 Å². The highest BCUT2D eigenvalue weighted by atomic mass is 16.5. The normalized spacial score (nSPS) is 15.2. The third-order valence-corrected chi connectivity index (χ3v) is 3.00. The summed E-state index contributed by atoms with van der Waals surface area (Å²) in [5.74, 6) is -0.413. The molecule has 0 unspecified atom stereocenters. The first-order valence-corrected chi connectivity index (χ1v) is 6.39. The van der Waals surface area contributed by atoms with Crippen LogP contribution in [0.15, 0.2) is 29.8 Å². The Bertz CT molecular complexity index is 546. The van der Waals surface area contributed by atoms with Crippen molar-refractivity contribution in [2.24, 2.45) is 0 Å². The highest BCUT2D eigenvalue weighted by Gasteiger charge is 2.24. The number of esters is 1. The number of rotatable bonds is 3. The molecular weight excluding hydrogens is 242 g/mol. The summed E-state index contributed by atoms with van der Waals surface area (Å²) in [5, 5.41) is 2.79. The lowest BCUT2D eigenvalue weighted by Gasteiger charge is -2.20. The lowest BCUT2D eigenvalue weighted by Crippen LogP contribution is -2.30. The van der Waals surface area contributed by atoms with Crippen LogP contribution in [0.4, 0.5) is 0 Å². The predicted molar refractivity (Wildman–Crippen MR) is 72.1 cm³/mol. The maximum Gasteiger partial charge on any atom is 0.336 e. The summed E-state index contributed by atoms with van der Waals surface area (Å²) < 4.78 is 5.05. The van der Waals surface area contributed by atoms with Crippen molar-refractivity contribution in [1.82, 2.24) is 5.32 Å². The highest BCUT2D eigenvalue weighted by molar-refractivity contribution is 6.03. The minimum absolute atomic E-state index is 0.0652. The summed E-state index contributed by atoms with van der Waals surface area (Å²) in [6.07, 6.45) is 0.747. The van der Waals surface area contributed by atoms with E-state index in [1.165, 1.54) is 0 Å². The third-order valence-electron chi connectivity index (χ3n) is 3.00. The van der Waals surface area contributed by atoms with Crippen molar-refractivity contribution in [3.8, 4) is 0 Å². The Hall–Kier alpha value is -2.10. The molecule has 1 heterocycles. The number of carbonyl (C=O) groups excluding carboxylic acids is 2. The van der Waals surface area contributed by atoms with E-state index in [-0.39, 0.29) is 11.9 Å². The summed E-state index contributed by atoms with van der Waals surface area (Å²) in [4.78, 5) is 23.5. The van der Waals surface area contributed by atoms with Gasteiger partial charge >= 0.3 is 5.97 Å². The van der Waals surface area contributed by atoms with E-state index in [1.807, 2.05) is 31.2 Å². The van der Waals surface area contributed by atoms with Crippen LogP contribution in [0.1, 0.15) is 30.9 Å². The van der Waals surface area contributed by atoms with Gasteiger partial charge in [-0.2, -0.15) is 0 Å². The van der Waals surface area contributed by atoms with E-state index in [4.69, 9.17) is 4.74 Å². The molecule has 0 radical (unpaired) electrons. The molecule has 0 spiro atoms. The number of hydrogen-bond donors (Lipinski definition) is 1. The second-order valence-corrected chi connectivity index (χ2v) is 4.49. The molecule has 1 aliphatic rings. The zero-order valence-corrected chi connectivity index (χ0v) is 11.2. The minimum Gasteiger partial charge on any atom is -0.463 e. The van der Waals surface area contributed by atoms with Gasteiger partial charge in [0.1, 0.15) is 0 Å². The number of benzene rings is 1. The van der Waals surface area contributed by atoms with E-state index in [0.717, 1.165) is 11.1 Å². The van der Waals surface area contributed by atoms with Gasteiger partial charge in [0.25, 0.3) is 0 Å². The molecule has 2 rings (SSSR count). The summed E-state index contributed by atoms with van der Waals surface area (Å²) in [6.45, 7) is 4.07. The lowest BCUT2D eigenvalue weighted by atomic mass is 9.97. The van der Waals surface area contributed by atoms with Gasteiger partial charge in [-0.1, -0.05) is 23.8 Å². The second kappa shape index (κ2) is 5.69. The maximum absolute atomic E-state index is 11.9. The average Bonchev–Trinajstić information content (AvgIpc) is 2.39. The van der Waals surface area contributed by atoms with Crippen molar-refractivity contribution >= 4 is 17.6 Å². The van der Waals surface area contributed by atoms with Crippen LogP contribution in [-0.4, -0.2) is 18.5 Å². The van der Waals surface area contributed by atoms with E-state index < -0.39 is 0 Å². The number of hydrogen-bond acceptors (Lipinski definition) is 3. The molecule has 0 fully saturated rings. The minimum atomic E-state index is -0.348. The molecule has 0 atom stereocenters. The van der Waals surface area contributed by atoms with Crippen LogP contribution >= 0.6 is 0 Å². The van der Waals surface area contributed by atoms with E-state index in [1.54, 1.807) is 6.92 Å². The van der Waals surface area contributed by atoms with Crippen molar-refractivity contribution in [2.45, 2.75) is 26.7 Å². The van der Waals surface area contributed by atoms with Gasteiger partial charge in [-0.25, -0.2) is 4.79 Å². The zero-order valence-electron chi connectivity index (χ0n) is 11.2. The van der Waals surface area contributed by atoms with Gasteiger partial charge in [-0.3, -0.25) is 4.79 Å². The lowest BCUT2D eigenvalue weighted by molar-refractivity contribution is -0.138. The molecule has 1 aromatic carbocycles. The van der Waals surface area contributed by atoms with Crippen molar-refractivity contribution in [1.29, 1.82) is 0 Å². The fourth-order valence-corrected chi connectivity index (χ4v) is 2.11. The Morgan fingerprint density at radius 2 is 2.16 bits per heavy atom. The monoisotopic (exact) mass is 259 g/mol. The zero-order chi connectivity index (χ0) is 13.8. The SMILES string of the molecule is CCOC(=O)C1=C(c2cccc(C)c2)NC(=O)CC1. The van der Waals surface area contributed by atoms with Gasteiger partial charge in [-0.15, -0.1) is 0 Å². The smallest absolute Gasteiger partial charge is 0.336 e. The van der Waals surface area contributed by atoms with Crippen molar-refractivity contribution < 1.29 is 14.3 Å². The van der Waals surface area contributed by atoms with Crippen LogP contribution in [0.2, 0.25) is 0 Å². The molecule has 4 heteroatoms. The molecule has 0 aliphatic carbocycles. The Morgan fingerprint density at radius 3 is 2.84 bits per heavy atom. The molecule has 19 heavy (non-hydrogen) atoms. The molecule has 4 nitrogen and oxygen atoms in total. The van der Waals surface area contributed by atoms with Gasteiger partial charge in [0.05, 0.1) is 17.9 Å². The Morgan fingerprint density at radius 1 is 1.37 bits per heavy atom. The average molecular weight is 259 g/mol. The fraction of sp³-hybridized carbons (Fsp3) is 0.333.